The summed E-state index contributed by atoms with van der Waals surface area (Å²) in [6.45, 7) is 9.95. The maximum Gasteiger partial charge on any atom is 0.244 e. The van der Waals surface area contributed by atoms with Crippen LogP contribution in [0.1, 0.15) is 40.3 Å². The Labute approximate surface area is 143 Å². The fourth-order valence-corrected chi connectivity index (χ4v) is 1.86. The molecule has 0 bridgehead atoms. The molecule has 0 saturated heterocycles. The van der Waals surface area contributed by atoms with E-state index in [0.29, 0.717) is 5.82 Å². The lowest BCUT2D eigenvalue weighted by Crippen LogP contribution is -2.46. The van der Waals surface area contributed by atoms with Gasteiger partial charge in [-0.2, -0.15) is 5.10 Å². The largest absolute Gasteiger partial charge is 0.346 e. The Hall–Kier alpha value is -1.60. The van der Waals surface area contributed by atoms with Gasteiger partial charge in [0.15, 0.2) is 5.82 Å². The van der Waals surface area contributed by atoms with E-state index in [0.717, 1.165) is 12.1 Å². The van der Waals surface area contributed by atoms with E-state index in [9.17, 15) is 9.59 Å². The number of nitrogens with zero attached hydrogens (tertiary/aromatic N) is 1. The summed E-state index contributed by atoms with van der Waals surface area (Å²) < 4.78 is 0. The molecule has 7 nitrogen and oxygen atoms in total. The second-order valence-corrected chi connectivity index (χ2v) is 7.05. The number of carbonyl (C=O) groups excluding carboxylic acids is 2. The molecule has 5 N–H and O–H groups in total. The van der Waals surface area contributed by atoms with Gasteiger partial charge in [0, 0.05) is 11.8 Å². The smallest absolute Gasteiger partial charge is 0.244 e. The Morgan fingerprint density at radius 2 is 1.96 bits per heavy atom. The fourth-order valence-electron chi connectivity index (χ4n) is 1.86. The third-order valence-electron chi connectivity index (χ3n) is 3.06. The van der Waals surface area contributed by atoms with Crippen LogP contribution in [0.2, 0.25) is 0 Å². The van der Waals surface area contributed by atoms with E-state index < -0.39 is 6.04 Å². The van der Waals surface area contributed by atoms with E-state index in [2.05, 4.69) is 41.6 Å². The van der Waals surface area contributed by atoms with E-state index in [4.69, 9.17) is 5.73 Å². The first-order valence-electron chi connectivity index (χ1n) is 7.46. The summed E-state index contributed by atoms with van der Waals surface area (Å²) in [6, 6.07) is 1.18. The lowest BCUT2D eigenvalue weighted by Gasteiger charge is -2.15. The van der Waals surface area contributed by atoms with Gasteiger partial charge in [0.2, 0.25) is 11.8 Å². The maximum absolute atomic E-state index is 11.8. The molecule has 132 valence electrons. The molecule has 0 radical (unpaired) electrons. The molecule has 1 aromatic rings. The van der Waals surface area contributed by atoms with Crippen LogP contribution in [0.3, 0.4) is 0 Å². The first kappa shape index (κ1) is 21.4. The zero-order valence-corrected chi connectivity index (χ0v) is 15.2. The summed E-state index contributed by atoms with van der Waals surface area (Å²) in [4.78, 5) is 23.4. The van der Waals surface area contributed by atoms with Crippen molar-refractivity contribution < 1.29 is 9.59 Å². The van der Waals surface area contributed by atoms with Crippen LogP contribution in [0, 0.1) is 11.3 Å². The van der Waals surface area contributed by atoms with Crippen molar-refractivity contribution in [3.8, 4) is 0 Å². The van der Waals surface area contributed by atoms with Crippen molar-refractivity contribution in [3.63, 3.8) is 0 Å². The van der Waals surface area contributed by atoms with Crippen LogP contribution < -0.4 is 16.4 Å². The number of nitrogens with two attached hydrogens (primary N) is 1. The molecular formula is C15H28ClN5O2. The molecule has 0 fully saturated rings. The van der Waals surface area contributed by atoms with Crippen molar-refractivity contribution in [2.45, 2.75) is 47.1 Å². The quantitative estimate of drug-likeness (QED) is 0.625. The normalized spacial score (nSPS) is 12.5. The van der Waals surface area contributed by atoms with Gasteiger partial charge in [-0.05, 0) is 17.8 Å². The van der Waals surface area contributed by atoms with Crippen LogP contribution in [0.25, 0.3) is 0 Å². The zero-order valence-electron chi connectivity index (χ0n) is 14.4. The van der Waals surface area contributed by atoms with Gasteiger partial charge < -0.3 is 16.4 Å². The Kier molecular flexibility index (Phi) is 8.26. The van der Waals surface area contributed by atoms with Crippen LogP contribution in [0.5, 0.6) is 0 Å². The van der Waals surface area contributed by atoms with Gasteiger partial charge in [0.05, 0.1) is 12.6 Å². The van der Waals surface area contributed by atoms with E-state index in [1.807, 2.05) is 13.8 Å². The summed E-state index contributed by atoms with van der Waals surface area (Å²) in [5.74, 6) is -0.195. The van der Waals surface area contributed by atoms with E-state index >= 15 is 0 Å². The van der Waals surface area contributed by atoms with E-state index in [1.54, 1.807) is 6.07 Å². The molecule has 0 aliphatic carbocycles. The molecule has 0 spiro atoms. The number of nitrogens with one attached hydrogen (secondary N) is 3. The standard InChI is InChI=1S/C15H27N5O2.ClH/c1-9(2)13(16)14(22)17-8-12(21)18-11-6-10(19-20-11)7-15(3,4)5;/h6,9,13H,7-8,16H2,1-5H3,(H,17,22)(H2,18,19,20,21);1H/t13-;/m0./s1. The minimum Gasteiger partial charge on any atom is -0.346 e. The van der Waals surface area contributed by atoms with Gasteiger partial charge in [-0.15, -0.1) is 12.4 Å². The molecule has 0 aromatic carbocycles. The molecular weight excluding hydrogens is 318 g/mol. The summed E-state index contributed by atoms with van der Waals surface area (Å²) in [5.41, 5.74) is 6.79. The Morgan fingerprint density at radius 3 is 2.48 bits per heavy atom. The molecule has 23 heavy (non-hydrogen) atoms. The van der Waals surface area contributed by atoms with Crippen LogP contribution in [-0.4, -0.2) is 34.6 Å². The Balaban J connectivity index is 0.00000484. The SMILES string of the molecule is CC(C)[C@H](N)C(=O)NCC(=O)Nc1cc(CC(C)(C)C)[nH]n1.Cl. The molecule has 0 aliphatic rings. The number of anilines is 1. The molecule has 2 amide bonds. The minimum atomic E-state index is -0.614. The zero-order chi connectivity index (χ0) is 16.9. The van der Waals surface area contributed by atoms with E-state index in [-0.39, 0.29) is 42.1 Å². The summed E-state index contributed by atoms with van der Waals surface area (Å²) >= 11 is 0. The summed E-state index contributed by atoms with van der Waals surface area (Å²) in [5, 5.41) is 12.1. The topological polar surface area (TPSA) is 113 Å². The third-order valence-corrected chi connectivity index (χ3v) is 3.06. The fraction of sp³-hybridized carbons (Fsp3) is 0.667. The van der Waals surface area contributed by atoms with Crippen molar-refractivity contribution in [1.29, 1.82) is 0 Å². The Morgan fingerprint density at radius 1 is 1.35 bits per heavy atom. The average Bonchev–Trinajstić information content (AvgIpc) is 2.79. The van der Waals surface area contributed by atoms with Crippen molar-refractivity contribution in [2.24, 2.45) is 17.1 Å². The van der Waals surface area contributed by atoms with Gasteiger partial charge in [-0.3, -0.25) is 14.7 Å². The molecule has 0 unspecified atom stereocenters. The van der Waals surface area contributed by atoms with Gasteiger partial charge >= 0.3 is 0 Å². The van der Waals surface area contributed by atoms with Crippen molar-refractivity contribution in [3.05, 3.63) is 11.8 Å². The number of aromatic amines is 1. The lowest BCUT2D eigenvalue weighted by atomic mass is 9.91. The van der Waals surface area contributed by atoms with Crippen molar-refractivity contribution in [2.75, 3.05) is 11.9 Å². The Bertz CT molecular complexity index is 522. The number of halogens is 1. The number of amides is 2. The molecule has 0 saturated carbocycles. The van der Waals surface area contributed by atoms with Gasteiger partial charge in [-0.1, -0.05) is 34.6 Å². The number of aromatic nitrogens is 2. The predicted molar refractivity (Wildman–Crippen MR) is 93.4 cm³/mol. The van der Waals surface area contributed by atoms with Crippen LogP contribution in [0.4, 0.5) is 5.82 Å². The van der Waals surface area contributed by atoms with E-state index in [1.165, 1.54) is 0 Å². The van der Waals surface area contributed by atoms with Gasteiger partial charge in [0.25, 0.3) is 0 Å². The highest BCUT2D eigenvalue weighted by molar-refractivity contribution is 5.94. The number of carbonyl (C=O) groups is 2. The van der Waals surface area contributed by atoms with Crippen molar-refractivity contribution in [1.82, 2.24) is 15.5 Å². The maximum atomic E-state index is 11.8. The molecule has 1 aromatic heterocycles. The first-order chi connectivity index (χ1) is 10.1. The lowest BCUT2D eigenvalue weighted by molar-refractivity contribution is -0.125. The van der Waals surface area contributed by atoms with Gasteiger partial charge in [-0.25, -0.2) is 0 Å². The van der Waals surface area contributed by atoms with Crippen LogP contribution >= 0.6 is 12.4 Å². The molecule has 1 rings (SSSR count). The third kappa shape index (κ3) is 7.99. The second kappa shape index (κ2) is 8.88. The number of hydrogen-bond donors (Lipinski definition) is 4. The highest BCUT2D eigenvalue weighted by Crippen LogP contribution is 2.20. The average molecular weight is 346 g/mol. The predicted octanol–water partition coefficient (Wildman–Crippen LogP) is 1.46. The monoisotopic (exact) mass is 345 g/mol. The minimum absolute atomic E-state index is 0. The van der Waals surface area contributed by atoms with Crippen molar-refractivity contribution >= 4 is 30.0 Å². The number of hydrogen-bond acceptors (Lipinski definition) is 4. The molecule has 1 atom stereocenters. The highest BCUT2D eigenvalue weighted by Gasteiger charge is 2.18. The number of H-pyrrole nitrogens is 1. The molecule has 0 aliphatic heterocycles. The van der Waals surface area contributed by atoms with Crippen LogP contribution in [-0.2, 0) is 16.0 Å². The molecule has 8 heteroatoms. The summed E-state index contributed by atoms with van der Waals surface area (Å²) in [6.07, 6.45) is 0.829. The van der Waals surface area contributed by atoms with Gasteiger partial charge in [0.1, 0.15) is 0 Å². The first-order valence-corrected chi connectivity index (χ1v) is 7.46. The number of rotatable bonds is 6. The highest BCUT2D eigenvalue weighted by atomic mass is 35.5. The summed E-state index contributed by atoms with van der Waals surface area (Å²) in [7, 11) is 0. The second-order valence-electron chi connectivity index (χ2n) is 7.05. The van der Waals surface area contributed by atoms with Crippen LogP contribution in [0.15, 0.2) is 6.07 Å². The molecule has 1 heterocycles.